The molecular weight excluding hydrogens is 326 g/mol. The number of allylic oxidation sites excluding steroid dienone is 1. The SMILES string of the molecule is O=C(NCCC1=CCCCC1)c1cncc(C(=O)N2CCCCCC2)c1. The molecule has 1 N–H and O–H groups in total. The summed E-state index contributed by atoms with van der Waals surface area (Å²) in [5.74, 6) is -0.166. The summed E-state index contributed by atoms with van der Waals surface area (Å²) in [7, 11) is 0. The number of aromatic nitrogens is 1. The lowest BCUT2D eigenvalue weighted by Gasteiger charge is -2.20. The summed E-state index contributed by atoms with van der Waals surface area (Å²) in [4.78, 5) is 31.1. The van der Waals surface area contributed by atoms with E-state index in [1.54, 1.807) is 12.3 Å². The van der Waals surface area contributed by atoms with E-state index in [4.69, 9.17) is 0 Å². The number of hydrogen-bond donors (Lipinski definition) is 1. The molecule has 0 spiro atoms. The van der Waals surface area contributed by atoms with E-state index in [-0.39, 0.29) is 11.8 Å². The molecule has 1 aliphatic carbocycles. The van der Waals surface area contributed by atoms with Gasteiger partial charge < -0.3 is 10.2 Å². The first-order valence-electron chi connectivity index (χ1n) is 9.94. The van der Waals surface area contributed by atoms with E-state index in [9.17, 15) is 9.59 Å². The van der Waals surface area contributed by atoms with E-state index in [0.717, 1.165) is 45.2 Å². The average Bonchev–Trinajstić information content (AvgIpc) is 2.98. The van der Waals surface area contributed by atoms with Crippen molar-refractivity contribution in [2.75, 3.05) is 19.6 Å². The molecule has 5 heteroatoms. The van der Waals surface area contributed by atoms with Crippen molar-refractivity contribution in [1.29, 1.82) is 0 Å². The molecule has 0 saturated carbocycles. The summed E-state index contributed by atoms with van der Waals surface area (Å²) < 4.78 is 0. The van der Waals surface area contributed by atoms with E-state index in [1.165, 1.54) is 37.5 Å². The fourth-order valence-electron chi connectivity index (χ4n) is 3.71. The first kappa shape index (κ1) is 18.6. The number of carbonyl (C=O) groups is 2. The molecule has 0 aromatic carbocycles. The lowest BCUT2D eigenvalue weighted by molar-refractivity contribution is 0.0761. The fraction of sp³-hybridized carbons (Fsp3) is 0.571. The molecule has 1 fully saturated rings. The molecule has 0 unspecified atom stereocenters. The van der Waals surface area contributed by atoms with Crippen molar-refractivity contribution in [3.05, 3.63) is 41.2 Å². The maximum atomic E-state index is 12.7. The van der Waals surface area contributed by atoms with E-state index in [1.807, 2.05) is 4.90 Å². The van der Waals surface area contributed by atoms with Gasteiger partial charge in [-0.3, -0.25) is 14.6 Å². The van der Waals surface area contributed by atoms with Crippen LogP contribution in [0.5, 0.6) is 0 Å². The maximum Gasteiger partial charge on any atom is 0.255 e. The van der Waals surface area contributed by atoms with Crippen LogP contribution in [-0.4, -0.2) is 41.3 Å². The topological polar surface area (TPSA) is 62.3 Å². The normalized spacial score (nSPS) is 18.0. The van der Waals surface area contributed by atoms with Gasteiger partial charge in [-0.25, -0.2) is 0 Å². The standard InChI is InChI=1S/C21H29N3O2/c25-20(23-11-10-17-8-4-3-5-9-17)18-14-19(16-22-15-18)21(26)24-12-6-1-2-7-13-24/h8,14-16H,1-7,9-13H2,(H,23,25). The summed E-state index contributed by atoms with van der Waals surface area (Å²) in [5, 5.41) is 2.96. The molecule has 140 valence electrons. The van der Waals surface area contributed by atoms with Crippen molar-refractivity contribution in [3.8, 4) is 0 Å². The van der Waals surface area contributed by atoms with Crippen LogP contribution in [0.3, 0.4) is 0 Å². The van der Waals surface area contributed by atoms with Crippen LogP contribution in [0.15, 0.2) is 30.1 Å². The van der Waals surface area contributed by atoms with Crippen LogP contribution >= 0.6 is 0 Å². The van der Waals surface area contributed by atoms with Crippen molar-refractivity contribution in [2.45, 2.75) is 57.8 Å². The van der Waals surface area contributed by atoms with Crippen LogP contribution in [-0.2, 0) is 0 Å². The predicted octanol–water partition coefficient (Wildman–Crippen LogP) is 3.72. The lowest BCUT2D eigenvalue weighted by Crippen LogP contribution is -2.32. The molecule has 0 radical (unpaired) electrons. The summed E-state index contributed by atoms with van der Waals surface area (Å²) in [5.41, 5.74) is 2.41. The highest BCUT2D eigenvalue weighted by Gasteiger charge is 2.19. The van der Waals surface area contributed by atoms with E-state index in [2.05, 4.69) is 16.4 Å². The Morgan fingerprint density at radius 1 is 1.00 bits per heavy atom. The Labute approximate surface area is 155 Å². The van der Waals surface area contributed by atoms with Crippen LogP contribution in [0.1, 0.15) is 78.5 Å². The number of likely N-dealkylation sites (tertiary alicyclic amines) is 1. The second kappa shape index (κ2) is 9.51. The van der Waals surface area contributed by atoms with E-state index < -0.39 is 0 Å². The Morgan fingerprint density at radius 2 is 1.77 bits per heavy atom. The average molecular weight is 355 g/mol. The number of carbonyl (C=O) groups excluding carboxylic acids is 2. The van der Waals surface area contributed by atoms with Crippen molar-refractivity contribution < 1.29 is 9.59 Å². The van der Waals surface area contributed by atoms with Gasteiger partial charge in [0, 0.05) is 32.0 Å². The molecule has 1 saturated heterocycles. The molecule has 2 amide bonds. The third-order valence-corrected chi connectivity index (χ3v) is 5.26. The van der Waals surface area contributed by atoms with Crippen molar-refractivity contribution in [2.24, 2.45) is 0 Å². The smallest absolute Gasteiger partial charge is 0.255 e. The van der Waals surface area contributed by atoms with Gasteiger partial charge in [0.2, 0.25) is 0 Å². The van der Waals surface area contributed by atoms with Gasteiger partial charge in [0.1, 0.15) is 0 Å². The van der Waals surface area contributed by atoms with Gasteiger partial charge in [-0.05, 0) is 51.0 Å². The molecular formula is C21H29N3O2. The third-order valence-electron chi connectivity index (χ3n) is 5.26. The summed E-state index contributed by atoms with van der Waals surface area (Å²) in [6.45, 7) is 2.23. The van der Waals surface area contributed by atoms with E-state index >= 15 is 0 Å². The van der Waals surface area contributed by atoms with Crippen molar-refractivity contribution in [1.82, 2.24) is 15.2 Å². The monoisotopic (exact) mass is 355 g/mol. The highest BCUT2D eigenvalue weighted by Crippen LogP contribution is 2.19. The molecule has 2 heterocycles. The number of hydrogen-bond acceptors (Lipinski definition) is 3. The minimum atomic E-state index is -0.153. The lowest BCUT2D eigenvalue weighted by atomic mass is 9.97. The van der Waals surface area contributed by atoms with E-state index in [0.29, 0.717) is 17.7 Å². The summed E-state index contributed by atoms with van der Waals surface area (Å²) in [6.07, 6.45) is 15.6. The van der Waals surface area contributed by atoms with Crippen LogP contribution < -0.4 is 5.32 Å². The van der Waals surface area contributed by atoms with Gasteiger partial charge >= 0.3 is 0 Å². The number of nitrogens with one attached hydrogen (secondary N) is 1. The number of amides is 2. The first-order valence-corrected chi connectivity index (χ1v) is 9.94. The molecule has 2 aliphatic rings. The second-order valence-corrected chi connectivity index (χ2v) is 7.28. The minimum Gasteiger partial charge on any atom is -0.352 e. The Morgan fingerprint density at radius 3 is 2.50 bits per heavy atom. The van der Waals surface area contributed by atoms with Gasteiger partial charge in [0.25, 0.3) is 11.8 Å². The van der Waals surface area contributed by atoms with Crippen LogP contribution in [0.25, 0.3) is 0 Å². The van der Waals surface area contributed by atoms with Crippen LogP contribution in [0, 0.1) is 0 Å². The molecule has 1 aliphatic heterocycles. The second-order valence-electron chi connectivity index (χ2n) is 7.28. The number of nitrogens with zero attached hydrogens (tertiary/aromatic N) is 2. The Hall–Kier alpha value is -2.17. The minimum absolute atomic E-state index is 0.0126. The molecule has 26 heavy (non-hydrogen) atoms. The summed E-state index contributed by atoms with van der Waals surface area (Å²) >= 11 is 0. The zero-order valence-corrected chi connectivity index (χ0v) is 15.5. The molecule has 1 aromatic rings. The quantitative estimate of drug-likeness (QED) is 0.819. The molecule has 0 bridgehead atoms. The summed E-state index contributed by atoms with van der Waals surface area (Å²) in [6, 6.07) is 1.68. The third kappa shape index (κ3) is 5.16. The van der Waals surface area contributed by atoms with Gasteiger partial charge in [-0.2, -0.15) is 0 Å². The highest BCUT2D eigenvalue weighted by atomic mass is 16.2. The zero-order chi connectivity index (χ0) is 18.2. The highest BCUT2D eigenvalue weighted by molar-refractivity contribution is 5.99. The Kier molecular flexibility index (Phi) is 6.81. The molecule has 5 nitrogen and oxygen atoms in total. The Balaban J connectivity index is 1.56. The van der Waals surface area contributed by atoms with Crippen molar-refractivity contribution in [3.63, 3.8) is 0 Å². The number of rotatable bonds is 5. The fourth-order valence-corrected chi connectivity index (χ4v) is 3.71. The van der Waals surface area contributed by atoms with Gasteiger partial charge in [-0.15, -0.1) is 0 Å². The van der Waals surface area contributed by atoms with Gasteiger partial charge in [-0.1, -0.05) is 24.5 Å². The Bertz CT molecular complexity index is 661. The molecule has 1 aromatic heterocycles. The maximum absolute atomic E-state index is 12.7. The number of pyridine rings is 1. The molecule has 3 rings (SSSR count). The first-order chi connectivity index (χ1) is 12.7. The predicted molar refractivity (Wildman–Crippen MR) is 102 cm³/mol. The van der Waals surface area contributed by atoms with Crippen LogP contribution in [0.2, 0.25) is 0 Å². The van der Waals surface area contributed by atoms with Crippen LogP contribution in [0.4, 0.5) is 0 Å². The van der Waals surface area contributed by atoms with Gasteiger partial charge in [0.15, 0.2) is 0 Å². The van der Waals surface area contributed by atoms with Crippen molar-refractivity contribution >= 4 is 11.8 Å². The molecule has 0 atom stereocenters. The largest absolute Gasteiger partial charge is 0.352 e. The van der Waals surface area contributed by atoms with Gasteiger partial charge in [0.05, 0.1) is 11.1 Å². The zero-order valence-electron chi connectivity index (χ0n) is 15.5.